The Kier molecular flexibility index (Phi) is 9.10. The van der Waals surface area contributed by atoms with E-state index in [1.165, 1.54) is 11.1 Å². The molecule has 0 bridgehead atoms. The van der Waals surface area contributed by atoms with Crippen molar-refractivity contribution in [3.05, 3.63) is 35.4 Å². The summed E-state index contributed by atoms with van der Waals surface area (Å²) < 4.78 is 0. The molecule has 0 radical (unpaired) electrons. The Morgan fingerprint density at radius 1 is 1.25 bits per heavy atom. The van der Waals surface area contributed by atoms with E-state index in [1.807, 2.05) is 24.0 Å². The Morgan fingerprint density at radius 2 is 1.88 bits per heavy atom. The molecular formula is C18H29IN4O. The monoisotopic (exact) mass is 444 g/mol. The molecule has 24 heavy (non-hydrogen) atoms. The summed E-state index contributed by atoms with van der Waals surface area (Å²) in [5.41, 5.74) is 2.55. The van der Waals surface area contributed by atoms with Crippen LogP contribution >= 0.6 is 24.0 Å². The van der Waals surface area contributed by atoms with Crippen LogP contribution in [0.3, 0.4) is 0 Å². The quantitative estimate of drug-likeness (QED) is 0.307. The van der Waals surface area contributed by atoms with Gasteiger partial charge < -0.3 is 15.5 Å². The number of nitrogens with zero attached hydrogens (tertiary/aromatic N) is 2. The van der Waals surface area contributed by atoms with Crippen molar-refractivity contribution in [2.24, 2.45) is 4.99 Å². The molecule has 2 rings (SSSR count). The molecule has 0 unspecified atom stereocenters. The lowest BCUT2D eigenvalue weighted by atomic mass is 10.1. The molecule has 0 saturated carbocycles. The van der Waals surface area contributed by atoms with Crippen molar-refractivity contribution in [2.75, 3.05) is 13.1 Å². The maximum absolute atomic E-state index is 12.3. The summed E-state index contributed by atoms with van der Waals surface area (Å²) in [6.07, 6.45) is 1.33. The molecule has 0 fully saturated rings. The SMILES string of the molecule is CCNC(=NCCCC(=O)N1Cc2ccccc2C1)NC(C)C.I. The number of guanidine groups is 1. The zero-order valence-corrected chi connectivity index (χ0v) is 17.2. The van der Waals surface area contributed by atoms with E-state index in [9.17, 15) is 4.79 Å². The molecular weight excluding hydrogens is 415 g/mol. The molecule has 1 aromatic carbocycles. The van der Waals surface area contributed by atoms with Crippen LogP contribution in [0.4, 0.5) is 0 Å². The number of halogens is 1. The first-order valence-corrected chi connectivity index (χ1v) is 8.49. The largest absolute Gasteiger partial charge is 0.357 e. The first-order valence-electron chi connectivity index (χ1n) is 8.49. The number of fused-ring (bicyclic) bond motifs is 1. The van der Waals surface area contributed by atoms with Gasteiger partial charge in [0.2, 0.25) is 5.91 Å². The normalized spacial score (nSPS) is 13.5. The predicted molar refractivity (Wildman–Crippen MR) is 110 cm³/mol. The van der Waals surface area contributed by atoms with E-state index in [-0.39, 0.29) is 29.9 Å². The average molecular weight is 444 g/mol. The molecule has 2 N–H and O–H groups in total. The van der Waals surface area contributed by atoms with E-state index in [0.717, 1.165) is 32.0 Å². The summed E-state index contributed by atoms with van der Waals surface area (Å²) in [6, 6.07) is 8.62. The highest BCUT2D eigenvalue weighted by molar-refractivity contribution is 14.0. The van der Waals surface area contributed by atoms with Gasteiger partial charge in [0.25, 0.3) is 0 Å². The summed E-state index contributed by atoms with van der Waals surface area (Å²) in [5, 5.41) is 6.49. The van der Waals surface area contributed by atoms with Gasteiger partial charge in [-0.25, -0.2) is 0 Å². The molecule has 1 aromatic rings. The number of hydrogen-bond donors (Lipinski definition) is 2. The first kappa shape index (κ1) is 20.7. The second kappa shape index (κ2) is 10.5. The van der Waals surface area contributed by atoms with Crippen LogP contribution in [0, 0.1) is 0 Å². The van der Waals surface area contributed by atoms with Crippen molar-refractivity contribution in [2.45, 2.75) is 52.7 Å². The van der Waals surface area contributed by atoms with E-state index in [2.05, 4.69) is 41.6 Å². The number of benzene rings is 1. The van der Waals surface area contributed by atoms with E-state index >= 15 is 0 Å². The summed E-state index contributed by atoms with van der Waals surface area (Å²) in [6.45, 7) is 9.21. The van der Waals surface area contributed by atoms with Crippen LogP contribution < -0.4 is 10.6 Å². The molecule has 1 amide bonds. The number of amides is 1. The highest BCUT2D eigenvalue weighted by Crippen LogP contribution is 2.22. The summed E-state index contributed by atoms with van der Waals surface area (Å²) in [7, 11) is 0. The number of hydrogen-bond acceptors (Lipinski definition) is 2. The van der Waals surface area contributed by atoms with Crippen LogP contribution in [-0.4, -0.2) is 35.9 Å². The Balaban J connectivity index is 0.00000288. The summed E-state index contributed by atoms with van der Waals surface area (Å²) in [4.78, 5) is 18.8. The van der Waals surface area contributed by atoms with Gasteiger partial charge in [0.1, 0.15) is 0 Å². The highest BCUT2D eigenvalue weighted by Gasteiger charge is 2.22. The fourth-order valence-electron chi connectivity index (χ4n) is 2.68. The van der Waals surface area contributed by atoms with Crippen LogP contribution in [0.5, 0.6) is 0 Å². The minimum absolute atomic E-state index is 0. The molecule has 1 aliphatic rings. The number of carbonyl (C=O) groups excluding carboxylic acids is 1. The van der Waals surface area contributed by atoms with Gasteiger partial charge in [-0.2, -0.15) is 0 Å². The summed E-state index contributed by atoms with van der Waals surface area (Å²) >= 11 is 0. The Bertz CT molecular complexity index is 535. The minimum Gasteiger partial charge on any atom is -0.357 e. The van der Waals surface area contributed by atoms with Crippen LogP contribution in [0.15, 0.2) is 29.3 Å². The van der Waals surface area contributed by atoms with Gasteiger partial charge in [0, 0.05) is 38.6 Å². The molecule has 0 atom stereocenters. The van der Waals surface area contributed by atoms with E-state index in [1.54, 1.807) is 0 Å². The minimum atomic E-state index is 0. The Hall–Kier alpha value is -1.31. The van der Waals surface area contributed by atoms with Crippen LogP contribution in [-0.2, 0) is 17.9 Å². The third-order valence-corrected chi connectivity index (χ3v) is 3.78. The number of nitrogens with one attached hydrogen (secondary N) is 2. The fourth-order valence-corrected chi connectivity index (χ4v) is 2.68. The topological polar surface area (TPSA) is 56.7 Å². The smallest absolute Gasteiger partial charge is 0.223 e. The second-order valence-electron chi connectivity index (χ2n) is 6.18. The fraction of sp³-hybridized carbons (Fsp3) is 0.556. The molecule has 0 aromatic heterocycles. The van der Waals surface area contributed by atoms with Crippen molar-refractivity contribution in [1.29, 1.82) is 0 Å². The third kappa shape index (κ3) is 6.30. The molecule has 1 aliphatic heterocycles. The van der Waals surface area contributed by atoms with Crippen LogP contribution in [0.2, 0.25) is 0 Å². The molecule has 1 heterocycles. The van der Waals surface area contributed by atoms with Crippen LogP contribution in [0.1, 0.15) is 44.7 Å². The number of aliphatic imine (C=N–C) groups is 1. The van der Waals surface area contributed by atoms with Gasteiger partial charge in [-0.3, -0.25) is 9.79 Å². The molecule has 0 aliphatic carbocycles. The summed E-state index contributed by atoms with van der Waals surface area (Å²) in [5.74, 6) is 1.04. The maximum atomic E-state index is 12.3. The highest BCUT2D eigenvalue weighted by atomic mass is 127. The second-order valence-corrected chi connectivity index (χ2v) is 6.18. The zero-order chi connectivity index (χ0) is 16.7. The van der Waals surface area contributed by atoms with Gasteiger partial charge in [-0.1, -0.05) is 24.3 Å². The van der Waals surface area contributed by atoms with Gasteiger partial charge in [0.05, 0.1) is 0 Å². The number of carbonyl (C=O) groups is 1. The Labute approximate surface area is 162 Å². The average Bonchev–Trinajstić information content (AvgIpc) is 2.95. The molecule has 134 valence electrons. The molecule has 6 heteroatoms. The lowest BCUT2D eigenvalue weighted by Crippen LogP contribution is -2.41. The van der Waals surface area contributed by atoms with Crippen LogP contribution in [0.25, 0.3) is 0 Å². The van der Waals surface area contributed by atoms with E-state index < -0.39 is 0 Å². The molecule has 5 nitrogen and oxygen atoms in total. The molecule has 0 saturated heterocycles. The van der Waals surface area contributed by atoms with Gasteiger partial charge >= 0.3 is 0 Å². The lowest BCUT2D eigenvalue weighted by molar-refractivity contribution is -0.131. The number of rotatable bonds is 6. The molecule has 0 spiro atoms. The first-order chi connectivity index (χ1) is 11.1. The van der Waals surface area contributed by atoms with Crippen molar-refractivity contribution >= 4 is 35.8 Å². The van der Waals surface area contributed by atoms with Gasteiger partial charge in [-0.05, 0) is 38.3 Å². The van der Waals surface area contributed by atoms with Crippen molar-refractivity contribution in [1.82, 2.24) is 15.5 Å². The third-order valence-electron chi connectivity index (χ3n) is 3.78. The zero-order valence-electron chi connectivity index (χ0n) is 14.8. The maximum Gasteiger partial charge on any atom is 0.223 e. The van der Waals surface area contributed by atoms with Gasteiger partial charge in [-0.15, -0.1) is 24.0 Å². The lowest BCUT2D eigenvalue weighted by Gasteiger charge is -2.15. The van der Waals surface area contributed by atoms with E-state index in [4.69, 9.17) is 0 Å². The van der Waals surface area contributed by atoms with Crippen molar-refractivity contribution < 1.29 is 4.79 Å². The van der Waals surface area contributed by atoms with Crippen molar-refractivity contribution in [3.8, 4) is 0 Å². The van der Waals surface area contributed by atoms with E-state index in [0.29, 0.717) is 19.0 Å². The van der Waals surface area contributed by atoms with Crippen molar-refractivity contribution in [3.63, 3.8) is 0 Å². The standard InChI is InChI=1S/C18H28N4O.HI/c1-4-19-18(21-14(2)3)20-11-7-10-17(23)22-12-15-8-5-6-9-16(15)13-22;/h5-6,8-9,14H,4,7,10-13H2,1-3H3,(H2,19,20,21);1H. The predicted octanol–water partition coefficient (Wildman–Crippen LogP) is 2.89. The Morgan fingerprint density at radius 3 is 2.42 bits per heavy atom. The van der Waals surface area contributed by atoms with Gasteiger partial charge in [0.15, 0.2) is 5.96 Å².